The Balaban J connectivity index is 1.75. The minimum Gasteiger partial charge on any atom is -0.299 e. The zero-order valence-corrected chi connectivity index (χ0v) is 16.5. The number of H-pyrrole nitrogens is 1. The molecule has 2 atom stereocenters. The molecule has 1 aromatic carbocycles. The quantitative estimate of drug-likeness (QED) is 0.792. The molecule has 30 heavy (non-hydrogen) atoms. The molecular weight excluding hydrogens is 380 g/mol. The number of carbonyl (C=O) groups excluding carboxylic acids is 3. The SMILES string of the molecule is CC1(C)CC(=O)C2C(=NC3=C(C(=O)c4[nH]ncc4C3=O)C2c2ccc(C#N)cc2)C1. The van der Waals surface area contributed by atoms with Gasteiger partial charge < -0.3 is 0 Å². The molecule has 2 aromatic rings. The topological polar surface area (TPSA) is 116 Å². The van der Waals surface area contributed by atoms with E-state index in [0.717, 1.165) is 5.56 Å². The second kappa shape index (κ2) is 6.17. The average molecular weight is 398 g/mol. The largest absolute Gasteiger partial charge is 0.299 e. The van der Waals surface area contributed by atoms with E-state index in [0.29, 0.717) is 24.1 Å². The summed E-state index contributed by atoms with van der Waals surface area (Å²) in [6.07, 6.45) is 2.30. The van der Waals surface area contributed by atoms with E-state index < -0.39 is 11.8 Å². The average Bonchev–Trinajstić information content (AvgIpc) is 3.20. The number of rotatable bonds is 1. The van der Waals surface area contributed by atoms with Crippen molar-refractivity contribution in [2.75, 3.05) is 0 Å². The van der Waals surface area contributed by atoms with Gasteiger partial charge in [0.05, 0.1) is 29.3 Å². The van der Waals surface area contributed by atoms with Crippen LogP contribution < -0.4 is 0 Å². The van der Waals surface area contributed by atoms with Gasteiger partial charge in [-0.15, -0.1) is 0 Å². The van der Waals surface area contributed by atoms with E-state index in [1.807, 2.05) is 13.8 Å². The number of aromatic nitrogens is 2. The maximum Gasteiger partial charge on any atom is 0.215 e. The number of aliphatic imine (C=N–C) groups is 1. The number of hydrogen-bond acceptors (Lipinski definition) is 6. The van der Waals surface area contributed by atoms with E-state index in [1.54, 1.807) is 24.3 Å². The van der Waals surface area contributed by atoms with Gasteiger partial charge in [0.15, 0.2) is 0 Å². The number of fused-ring (bicyclic) bond motifs is 2. The van der Waals surface area contributed by atoms with E-state index in [-0.39, 0.29) is 45.3 Å². The van der Waals surface area contributed by atoms with Crippen molar-refractivity contribution in [3.63, 3.8) is 0 Å². The summed E-state index contributed by atoms with van der Waals surface area (Å²) in [6, 6.07) is 8.91. The predicted molar refractivity (Wildman–Crippen MR) is 107 cm³/mol. The minimum absolute atomic E-state index is 0.0153. The normalized spacial score (nSPS) is 24.6. The van der Waals surface area contributed by atoms with Crippen LogP contribution in [0.1, 0.15) is 64.6 Å². The molecule has 7 nitrogen and oxygen atoms in total. The molecule has 148 valence electrons. The molecule has 2 unspecified atom stereocenters. The molecule has 0 saturated heterocycles. The summed E-state index contributed by atoms with van der Waals surface area (Å²) in [5, 5.41) is 15.6. The van der Waals surface area contributed by atoms with Crippen LogP contribution in [-0.4, -0.2) is 33.3 Å². The van der Waals surface area contributed by atoms with E-state index in [9.17, 15) is 14.4 Å². The monoisotopic (exact) mass is 398 g/mol. The molecule has 0 radical (unpaired) electrons. The van der Waals surface area contributed by atoms with Gasteiger partial charge in [-0.05, 0) is 29.5 Å². The molecule has 2 heterocycles. The van der Waals surface area contributed by atoms with Crippen LogP contribution in [0.15, 0.2) is 46.7 Å². The second-order valence-electron chi connectivity index (χ2n) is 8.86. The fourth-order valence-corrected chi connectivity index (χ4v) is 4.87. The summed E-state index contributed by atoms with van der Waals surface area (Å²) in [6.45, 7) is 4.01. The van der Waals surface area contributed by atoms with Crippen molar-refractivity contribution in [1.29, 1.82) is 5.26 Å². The summed E-state index contributed by atoms with van der Waals surface area (Å²) in [4.78, 5) is 44.3. The molecule has 0 spiro atoms. The van der Waals surface area contributed by atoms with Gasteiger partial charge in [0, 0.05) is 23.6 Å². The molecule has 0 amide bonds. The highest BCUT2D eigenvalue weighted by atomic mass is 16.1. The molecular formula is C23H18N4O3. The number of carbonyl (C=O) groups is 3. The lowest BCUT2D eigenvalue weighted by Crippen LogP contribution is -2.45. The zero-order valence-electron chi connectivity index (χ0n) is 16.5. The third kappa shape index (κ3) is 2.53. The minimum atomic E-state index is -0.614. The Morgan fingerprint density at radius 1 is 1.07 bits per heavy atom. The number of nitriles is 1. The van der Waals surface area contributed by atoms with E-state index in [2.05, 4.69) is 21.3 Å². The zero-order chi connectivity index (χ0) is 21.2. The van der Waals surface area contributed by atoms with Crippen LogP contribution in [0, 0.1) is 22.7 Å². The van der Waals surface area contributed by atoms with Crippen LogP contribution in [0.25, 0.3) is 0 Å². The van der Waals surface area contributed by atoms with Gasteiger partial charge >= 0.3 is 0 Å². The Morgan fingerprint density at radius 3 is 2.50 bits per heavy atom. The number of nitrogens with zero attached hydrogens (tertiary/aromatic N) is 3. The first-order valence-electron chi connectivity index (χ1n) is 9.78. The molecule has 1 aliphatic heterocycles. The van der Waals surface area contributed by atoms with Crippen LogP contribution in [0.2, 0.25) is 0 Å². The first-order valence-corrected chi connectivity index (χ1v) is 9.78. The molecule has 0 bridgehead atoms. The predicted octanol–water partition coefficient (Wildman–Crippen LogP) is 3.16. The van der Waals surface area contributed by atoms with Gasteiger partial charge in [0.25, 0.3) is 0 Å². The van der Waals surface area contributed by atoms with Crippen molar-refractivity contribution in [2.45, 2.75) is 32.6 Å². The number of hydrogen-bond donors (Lipinski definition) is 1. The molecule has 7 heteroatoms. The summed E-state index contributed by atoms with van der Waals surface area (Å²) in [7, 11) is 0. The smallest absolute Gasteiger partial charge is 0.215 e. The van der Waals surface area contributed by atoms with Crippen molar-refractivity contribution in [3.8, 4) is 6.07 Å². The third-order valence-electron chi connectivity index (χ3n) is 6.14. The molecule has 1 saturated carbocycles. The lowest BCUT2D eigenvalue weighted by Gasteiger charge is -2.41. The molecule has 1 N–H and O–H groups in total. The maximum atomic E-state index is 13.4. The first-order chi connectivity index (χ1) is 14.3. The Kier molecular flexibility index (Phi) is 3.78. The van der Waals surface area contributed by atoms with E-state index in [1.165, 1.54) is 6.20 Å². The Bertz CT molecular complexity index is 1240. The number of ketones is 3. The third-order valence-corrected chi connectivity index (χ3v) is 6.14. The van der Waals surface area contributed by atoms with Gasteiger partial charge in [0.1, 0.15) is 17.2 Å². The summed E-state index contributed by atoms with van der Waals surface area (Å²) < 4.78 is 0. The fraction of sp³-hybridized carbons (Fsp3) is 0.304. The molecule has 1 fully saturated rings. The summed E-state index contributed by atoms with van der Waals surface area (Å²) in [5.74, 6) is -1.90. The van der Waals surface area contributed by atoms with Crippen molar-refractivity contribution >= 4 is 23.1 Å². The molecule has 5 rings (SSSR count). The van der Waals surface area contributed by atoms with Gasteiger partial charge in [-0.2, -0.15) is 10.4 Å². The van der Waals surface area contributed by atoms with Crippen LogP contribution >= 0.6 is 0 Å². The number of nitrogens with one attached hydrogen (secondary N) is 1. The molecule has 3 aliphatic rings. The number of benzene rings is 1. The number of Topliss-reactive ketones (excluding diaryl/α,β-unsaturated/α-hetero) is 3. The standard InChI is InChI=1S/C23H18N4O3/c1-23(2)7-14-17(15(28)8-23)16(12-5-3-11(9-24)4-6-12)18-20(26-14)21(29)13-10-25-27-19(13)22(18)30/h3-6,10,16-17H,7-8H2,1-2H3,(H,25,27). The van der Waals surface area contributed by atoms with Crippen molar-refractivity contribution in [1.82, 2.24) is 10.2 Å². The number of aromatic amines is 1. The highest BCUT2D eigenvalue weighted by molar-refractivity contribution is 6.29. The van der Waals surface area contributed by atoms with Crippen molar-refractivity contribution in [3.05, 3.63) is 64.1 Å². The maximum absolute atomic E-state index is 13.4. The highest BCUT2D eigenvalue weighted by Crippen LogP contribution is 2.49. The highest BCUT2D eigenvalue weighted by Gasteiger charge is 2.50. The van der Waals surface area contributed by atoms with Crippen LogP contribution in [-0.2, 0) is 4.79 Å². The Morgan fingerprint density at radius 2 is 1.80 bits per heavy atom. The van der Waals surface area contributed by atoms with E-state index in [4.69, 9.17) is 5.26 Å². The molecule has 1 aromatic heterocycles. The number of allylic oxidation sites excluding steroid dienone is 2. The fourth-order valence-electron chi connectivity index (χ4n) is 4.87. The Labute approximate surface area is 172 Å². The lowest BCUT2D eigenvalue weighted by molar-refractivity contribution is -0.124. The van der Waals surface area contributed by atoms with E-state index >= 15 is 0 Å². The molecule has 2 aliphatic carbocycles. The van der Waals surface area contributed by atoms with Gasteiger partial charge in [-0.3, -0.25) is 24.5 Å². The van der Waals surface area contributed by atoms with Crippen molar-refractivity contribution < 1.29 is 14.4 Å². The van der Waals surface area contributed by atoms with Gasteiger partial charge in [-0.25, -0.2) is 0 Å². The van der Waals surface area contributed by atoms with Gasteiger partial charge in [0.2, 0.25) is 11.6 Å². The summed E-state index contributed by atoms with van der Waals surface area (Å²) >= 11 is 0. The van der Waals surface area contributed by atoms with Crippen LogP contribution in [0.3, 0.4) is 0 Å². The lowest BCUT2D eigenvalue weighted by atomic mass is 9.62. The summed E-state index contributed by atoms with van der Waals surface area (Å²) in [5.41, 5.74) is 2.29. The first kappa shape index (κ1) is 18.4. The second-order valence-corrected chi connectivity index (χ2v) is 8.86. The van der Waals surface area contributed by atoms with Crippen LogP contribution in [0.5, 0.6) is 0 Å². The van der Waals surface area contributed by atoms with Crippen molar-refractivity contribution in [2.24, 2.45) is 16.3 Å². The van der Waals surface area contributed by atoms with Crippen LogP contribution in [0.4, 0.5) is 0 Å². The van der Waals surface area contributed by atoms with Gasteiger partial charge in [-0.1, -0.05) is 26.0 Å². The Hall–Kier alpha value is -3.66.